The summed E-state index contributed by atoms with van der Waals surface area (Å²) in [6.07, 6.45) is 3.50. The van der Waals surface area contributed by atoms with Gasteiger partial charge in [0, 0.05) is 28.8 Å². The highest BCUT2D eigenvalue weighted by Gasteiger charge is 2.17. The van der Waals surface area contributed by atoms with E-state index in [2.05, 4.69) is 5.32 Å². The lowest BCUT2D eigenvalue weighted by atomic mass is 10.1. The third-order valence-electron chi connectivity index (χ3n) is 4.48. The van der Waals surface area contributed by atoms with Crippen molar-refractivity contribution >= 4 is 35.2 Å². The Kier molecular flexibility index (Phi) is 7.54. The van der Waals surface area contributed by atoms with E-state index in [-0.39, 0.29) is 11.7 Å². The Hall–Kier alpha value is -2.52. The third-order valence-corrected chi connectivity index (χ3v) is 5.07. The van der Waals surface area contributed by atoms with Crippen LogP contribution in [0.2, 0.25) is 10.0 Å². The third kappa shape index (κ3) is 6.23. The Morgan fingerprint density at radius 1 is 1.28 bits per heavy atom. The van der Waals surface area contributed by atoms with Crippen molar-refractivity contribution in [2.24, 2.45) is 0 Å². The fourth-order valence-corrected chi connectivity index (χ4v) is 3.35. The summed E-state index contributed by atoms with van der Waals surface area (Å²) in [5, 5.41) is 13.2. The number of amides is 1. The summed E-state index contributed by atoms with van der Waals surface area (Å²) in [6.45, 7) is 1.44. The maximum absolute atomic E-state index is 12.2. The van der Waals surface area contributed by atoms with Crippen molar-refractivity contribution < 1.29 is 14.3 Å². The lowest BCUT2D eigenvalue weighted by molar-refractivity contribution is -0.117. The van der Waals surface area contributed by atoms with Crippen LogP contribution in [0.5, 0.6) is 5.75 Å². The van der Waals surface area contributed by atoms with Gasteiger partial charge >= 0.3 is 0 Å². The van der Waals surface area contributed by atoms with Crippen molar-refractivity contribution in [1.29, 1.82) is 5.26 Å². The van der Waals surface area contributed by atoms with Crippen molar-refractivity contribution in [2.75, 3.05) is 13.2 Å². The molecule has 0 bridgehead atoms. The summed E-state index contributed by atoms with van der Waals surface area (Å²) in [4.78, 5) is 12.2. The molecule has 7 heteroatoms. The molecule has 2 aromatic rings. The molecular formula is C22H20Cl2N2O3. The number of nitrogens with zero attached hydrogens (tertiary/aromatic N) is 1. The number of benzene rings is 2. The van der Waals surface area contributed by atoms with Gasteiger partial charge in [0.25, 0.3) is 5.91 Å². The number of nitriles is 1. The average Bonchev–Trinajstić information content (AvgIpc) is 3.24. The molecule has 1 atom stereocenters. The van der Waals surface area contributed by atoms with E-state index < -0.39 is 5.91 Å². The molecule has 1 N–H and O–H groups in total. The molecule has 1 amide bonds. The summed E-state index contributed by atoms with van der Waals surface area (Å²) < 4.78 is 11.2. The van der Waals surface area contributed by atoms with E-state index in [1.807, 2.05) is 12.1 Å². The molecule has 150 valence electrons. The van der Waals surface area contributed by atoms with Crippen LogP contribution in [0.1, 0.15) is 24.0 Å². The van der Waals surface area contributed by atoms with Gasteiger partial charge in [0.05, 0.1) is 6.10 Å². The van der Waals surface area contributed by atoms with Crippen molar-refractivity contribution in [2.45, 2.75) is 25.6 Å². The minimum absolute atomic E-state index is 0.0319. The molecule has 1 fully saturated rings. The molecule has 5 nitrogen and oxygen atoms in total. The van der Waals surface area contributed by atoms with Gasteiger partial charge in [-0.15, -0.1) is 0 Å². The highest BCUT2D eigenvalue weighted by molar-refractivity contribution is 6.35. The van der Waals surface area contributed by atoms with E-state index >= 15 is 0 Å². The van der Waals surface area contributed by atoms with Gasteiger partial charge in [-0.3, -0.25) is 4.79 Å². The zero-order valence-electron chi connectivity index (χ0n) is 15.7. The monoisotopic (exact) mass is 430 g/mol. The fourth-order valence-electron chi connectivity index (χ4n) is 2.88. The molecule has 2 aromatic carbocycles. The second-order valence-electron chi connectivity index (χ2n) is 6.61. The first-order valence-electron chi connectivity index (χ1n) is 9.23. The van der Waals surface area contributed by atoms with Crippen LogP contribution < -0.4 is 10.1 Å². The van der Waals surface area contributed by atoms with Crippen LogP contribution in [0.4, 0.5) is 0 Å². The fraction of sp³-hybridized carbons (Fsp3) is 0.273. The normalized spacial score (nSPS) is 16.3. The lowest BCUT2D eigenvalue weighted by Crippen LogP contribution is -2.32. The Labute approximate surface area is 179 Å². The maximum Gasteiger partial charge on any atom is 0.262 e. The molecule has 0 unspecified atom stereocenters. The SMILES string of the molecule is N#C/C(=C\c1ccc(OCc2ccc(Cl)cc2Cl)cc1)C(=O)NC[C@@H]1CCCO1. The summed E-state index contributed by atoms with van der Waals surface area (Å²) in [7, 11) is 0. The number of hydrogen-bond acceptors (Lipinski definition) is 4. The lowest BCUT2D eigenvalue weighted by Gasteiger charge is -2.10. The van der Waals surface area contributed by atoms with Crippen LogP contribution in [0.15, 0.2) is 48.0 Å². The zero-order chi connectivity index (χ0) is 20.6. The smallest absolute Gasteiger partial charge is 0.262 e. The quantitative estimate of drug-likeness (QED) is 0.506. The van der Waals surface area contributed by atoms with Crippen LogP contribution in [0.3, 0.4) is 0 Å². The molecule has 0 aromatic heterocycles. The molecular weight excluding hydrogens is 411 g/mol. The summed E-state index contributed by atoms with van der Waals surface area (Å²) in [6, 6.07) is 14.3. The number of hydrogen-bond donors (Lipinski definition) is 1. The molecule has 1 saturated heterocycles. The average molecular weight is 431 g/mol. The maximum atomic E-state index is 12.2. The van der Waals surface area contributed by atoms with Gasteiger partial charge in [0.15, 0.2) is 0 Å². The minimum Gasteiger partial charge on any atom is -0.489 e. The topological polar surface area (TPSA) is 71.3 Å². The highest BCUT2D eigenvalue weighted by atomic mass is 35.5. The van der Waals surface area contributed by atoms with Crippen LogP contribution in [-0.2, 0) is 16.1 Å². The van der Waals surface area contributed by atoms with E-state index in [1.54, 1.807) is 42.5 Å². The van der Waals surface area contributed by atoms with Gasteiger partial charge in [-0.1, -0.05) is 41.4 Å². The zero-order valence-corrected chi connectivity index (χ0v) is 17.2. The van der Waals surface area contributed by atoms with Crippen LogP contribution in [0.25, 0.3) is 6.08 Å². The summed E-state index contributed by atoms with van der Waals surface area (Å²) >= 11 is 12.0. The van der Waals surface area contributed by atoms with E-state index in [1.165, 1.54) is 0 Å². The predicted octanol–water partition coefficient (Wildman–Crippen LogP) is 4.77. The summed E-state index contributed by atoms with van der Waals surface area (Å²) in [5.74, 6) is 0.246. The highest BCUT2D eigenvalue weighted by Crippen LogP contribution is 2.23. The summed E-state index contributed by atoms with van der Waals surface area (Å²) in [5.41, 5.74) is 1.60. The van der Waals surface area contributed by atoms with E-state index in [4.69, 9.17) is 32.7 Å². The van der Waals surface area contributed by atoms with Crippen molar-refractivity contribution in [3.63, 3.8) is 0 Å². The Balaban J connectivity index is 1.57. The van der Waals surface area contributed by atoms with Gasteiger partial charge in [0.1, 0.15) is 24.0 Å². The van der Waals surface area contributed by atoms with Gasteiger partial charge in [-0.2, -0.15) is 5.26 Å². The number of carbonyl (C=O) groups excluding carboxylic acids is 1. The molecule has 0 aliphatic carbocycles. The van der Waals surface area contributed by atoms with E-state index in [0.29, 0.717) is 28.9 Å². The minimum atomic E-state index is -0.402. The predicted molar refractivity (Wildman–Crippen MR) is 113 cm³/mol. The first-order valence-corrected chi connectivity index (χ1v) is 9.99. The molecule has 0 radical (unpaired) electrons. The Bertz CT molecular complexity index is 930. The second-order valence-corrected chi connectivity index (χ2v) is 7.45. The molecule has 0 saturated carbocycles. The van der Waals surface area contributed by atoms with Crippen molar-refractivity contribution in [3.8, 4) is 11.8 Å². The molecule has 29 heavy (non-hydrogen) atoms. The van der Waals surface area contributed by atoms with Gasteiger partial charge < -0.3 is 14.8 Å². The molecule has 1 heterocycles. The van der Waals surface area contributed by atoms with Crippen molar-refractivity contribution in [1.82, 2.24) is 5.32 Å². The number of ether oxygens (including phenoxy) is 2. The molecule has 1 aliphatic rings. The first-order chi connectivity index (χ1) is 14.0. The molecule has 3 rings (SSSR count). The number of rotatable bonds is 7. The van der Waals surface area contributed by atoms with E-state index in [9.17, 15) is 10.1 Å². The first kappa shape index (κ1) is 21.2. The van der Waals surface area contributed by atoms with E-state index in [0.717, 1.165) is 30.6 Å². The van der Waals surface area contributed by atoms with Gasteiger partial charge in [0.2, 0.25) is 0 Å². The van der Waals surface area contributed by atoms with Crippen LogP contribution in [0, 0.1) is 11.3 Å². The Morgan fingerprint density at radius 3 is 2.72 bits per heavy atom. The molecule has 0 spiro atoms. The Morgan fingerprint density at radius 2 is 2.07 bits per heavy atom. The largest absolute Gasteiger partial charge is 0.489 e. The van der Waals surface area contributed by atoms with Crippen molar-refractivity contribution in [3.05, 3.63) is 69.2 Å². The van der Waals surface area contributed by atoms with Gasteiger partial charge in [-0.05, 0) is 48.7 Å². The van der Waals surface area contributed by atoms with Gasteiger partial charge in [-0.25, -0.2) is 0 Å². The van der Waals surface area contributed by atoms with Crippen LogP contribution >= 0.6 is 23.2 Å². The van der Waals surface area contributed by atoms with Crippen LogP contribution in [-0.4, -0.2) is 25.2 Å². The number of carbonyl (C=O) groups is 1. The standard InChI is InChI=1S/C22H20Cl2N2O3/c23-18-6-5-16(21(24)11-18)14-29-19-7-3-15(4-8-19)10-17(12-25)22(27)26-13-20-2-1-9-28-20/h3-8,10-11,20H,1-2,9,13-14H2,(H,26,27)/b17-10+/t20-/m0/s1. The molecule has 1 aliphatic heterocycles. The number of nitrogens with one attached hydrogen (secondary N) is 1. The number of halogens is 2. The second kappa shape index (κ2) is 10.3.